The molecule has 2 aromatic rings. The lowest BCUT2D eigenvalue weighted by molar-refractivity contribution is -0.0346. The van der Waals surface area contributed by atoms with Crippen LogP contribution >= 0.6 is 0 Å². The van der Waals surface area contributed by atoms with Gasteiger partial charge in [0.1, 0.15) is 11.2 Å². The highest BCUT2D eigenvalue weighted by atomic mass is 16.6. The van der Waals surface area contributed by atoms with Gasteiger partial charge in [0.2, 0.25) is 0 Å². The Morgan fingerprint density at radius 2 is 2.05 bits per heavy atom. The van der Waals surface area contributed by atoms with Gasteiger partial charge in [-0.2, -0.15) is 5.26 Å². The molecule has 2 heterocycles. The number of anilines is 2. The molecule has 202 valence electrons. The van der Waals surface area contributed by atoms with Gasteiger partial charge in [0.15, 0.2) is 5.82 Å². The first-order chi connectivity index (χ1) is 17.9. The molecule has 0 bridgehead atoms. The summed E-state index contributed by atoms with van der Waals surface area (Å²) in [7, 11) is 0. The highest BCUT2D eigenvalue weighted by molar-refractivity contribution is 5.89. The molecular weight excluding hydrogens is 478 g/mol. The number of carbonyl (C=O) groups is 1. The molecule has 4 rings (SSSR count). The van der Waals surface area contributed by atoms with Crippen LogP contribution in [0.3, 0.4) is 0 Å². The summed E-state index contributed by atoms with van der Waals surface area (Å²) >= 11 is 0. The molecule has 1 N–H and O–H groups in total. The molecule has 8 heteroatoms. The number of carbonyl (C=O) groups excluding carboxylic acids is 1. The van der Waals surface area contributed by atoms with Gasteiger partial charge >= 0.3 is 6.09 Å². The third-order valence-electron chi connectivity index (χ3n) is 8.05. The van der Waals surface area contributed by atoms with Gasteiger partial charge in [-0.15, -0.1) is 0 Å². The highest BCUT2D eigenvalue weighted by Gasteiger charge is 2.53. The van der Waals surface area contributed by atoms with Gasteiger partial charge in [-0.1, -0.05) is 32.9 Å². The molecule has 0 radical (unpaired) electrons. The van der Waals surface area contributed by atoms with Gasteiger partial charge in [0, 0.05) is 18.4 Å². The summed E-state index contributed by atoms with van der Waals surface area (Å²) in [5, 5.41) is 19.7. The summed E-state index contributed by atoms with van der Waals surface area (Å²) in [5.41, 5.74) is 1.55. The maximum absolute atomic E-state index is 13.0. The van der Waals surface area contributed by atoms with E-state index in [1.54, 1.807) is 18.7 Å². The van der Waals surface area contributed by atoms with Gasteiger partial charge in [-0.05, 0) is 75.5 Å². The van der Waals surface area contributed by atoms with E-state index in [1.807, 2.05) is 18.2 Å². The Balaban J connectivity index is 1.59. The Bertz CT molecular complexity index is 1240. The molecular formula is C30H39N5O3. The molecule has 2 atom stereocenters. The van der Waals surface area contributed by atoms with Gasteiger partial charge < -0.3 is 14.7 Å². The number of allylic oxidation sites excluding steroid dienone is 1. The summed E-state index contributed by atoms with van der Waals surface area (Å²) in [6.07, 6.45) is 10.2. The van der Waals surface area contributed by atoms with Crippen LogP contribution in [0.2, 0.25) is 0 Å². The minimum Gasteiger partial charge on any atom is -0.441 e. The number of nitrogens with zero attached hydrogens (tertiary/aromatic N) is 5. The second kappa shape index (κ2) is 10.4. The molecule has 2 aliphatic rings. The minimum absolute atomic E-state index is 0.0400. The van der Waals surface area contributed by atoms with E-state index in [-0.39, 0.29) is 11.3 Å². The molecule has 1 aliphatic heterocycles. The Labute approximate surface area is 226 Å². The quantitative estimate of drug-likeness (QED) is 0.492. The van der Waals surface area contributed by atoms with E-state index in [2.05, 4.69) is 60.9 Å². The van der Waals surface area contributed by atoms with Crippen molar-refractivity contribution in [2.75, 3.05) is 22.9 Å². The maximum Gasteiger partial charge on any atom is 0.416 e. The molecule has 1 spiro atoms. The number of amides is 1. The maximum atomic E-state index is 13.0. The Kier molecular flexibility index (Phi) is 7.53. The van der Waals surface area contributed by atoms with E-state index >= 15 is 0 Å². The highest BCUT2D eigenvalue weighted by Crippen LogP contribution is 2.49. The molecule has 1 saturated carbocycles. The van der Waals surface area contributed by atoms with Crippen molar-refractivity contribution in [2.45, 2.75) is 78.4 Å². The third kappa shape index (κ3) is 5.68. The summed E-state index contributed by atoms with van der Waals surface area (Å²) in [6, 6.07) is 8.06. The molecule has 38 heavy (non-hydrogen) atoms. The van der Waals surface area contributed by atoms with Crippen LogP contribution in [0.1, 0.15) is 77.1 Å². The van der Waals surface area contributed by atoms with E-state index in [9.17, 15) is 15.2 Å². The lowest BCUT2D eigenvalue weighted by Crippen LogP contribution is -2.48. The van der Waals surface area contributed by atoms with Crippen molar-refractivity contribution in [1.82, 2.24) is 9.97 Å². The van der Waals surface area contributed by atoms with E-state index in [4.69, 9.17) is 4.74 Å². The molecule has 1 aromatic carbocycles. The second-order valence-corrected chi connectivity index (χ2v) is 11.9. The summed E-state index contributed by atoms with van der Waals surface area (Å²) in [6.45, 7) is 13.2. The molecule has 1 aliphatic carbocycles. The molecule has 0 unspecified atom stereocenters. The van der Waals surface area contributed by atoms with Crippen LogP contribution < -0.4 is 9.80 Å². The first-order valence-corrected chi connectivity index (χ1v) is 13.4. The topological polar surface area (TPSA) is 103 Å². The fraction of sp³-hybridized carbons (Fsp3) is 0.533. The lowest BCUT2D eigenvalue weighted by atomic mass is 9.63. The van der Waals surface area contributed by atoms with Crippen molar-refractivity contribution < 1.29 is 14.6 Å². The number of aryl methyl sites for hydroxylation is 1. The zero-order valence-electron chi connectivity index (χ0n) is 23.4. The fourth-order valence-corrected chi connectivity index (χ4v) is 5.40. The number of aromatic nitrogens is 2. The predicted octanol–water partition coefficient (Wildman–Crippen LogP) is 5.84. The molecule has 2 fully saturated rings. The van der Waals surface area contributed by atoms with Gasteiger partial charge in [-0.25, -0.2) is 9.78 Å². The van der Waals surface area contributed by atoms with Crippen molar-refractivity contribution in [3.05, 3.63) is 59.7 Å². The molecule has 1 amide bonds. The lowest BCUT2D eigenvalue weighted by Gasteiger charge is -2.47. The van der Waals surface area contributed by atoms with E-state index in [0.717, 1.165) is 43.5 Å². The van der Waals surface area contributed by atoms with Gasteiger partial charge in [0.05, 0.1) is 36.3 Å². The Morgan fingerprint density at radius 1 is 1.29 bits per heavy atom. The zero-order valence-corrected chi connectivity index (χ0v) is 23.4. The predicted molar refractivity (Wildman–Crippen MR) is 148 cm³/mol. The average Bonchev–Trinajstić information content (AvgIpc) is 3.20. The zero-order chi connectivity index (χ0) is 27.7. The first kappa shape index (κ1) is 27.6. The van der Waals surface area contributed by atoms with Crippen LogP contribution in [0.5, 0.6) is 0 Å². The van der Waals surface area contributed by atoms with Crippen molar-refractivity contribution in [1.29, 1.82) is 5.26 Å². The van der Waals surface area contributed by atoms with Crippen molar-refractivity contribution in [3.63, 3.8) is 0 Å². The van der Waals surface area contributed by atoms with E-state index in [1.165, 1.54) is 12.4 Å². The van der Waals surface area contributed by atoms with Crippen LogP contribution in [0.15, 0.2) is 42.9 Å². The van der Waals surface area contributed by atoms with Crippen LogP contribution in [0.4, 0.5) is 16.3 Å². The van der Waals surface area contributed by atoms with Gasteiger partial charge in [0.25, 0.3) is 0 Å². The number of ether oxygens (including phenoxy) is 1. The normalized spacial score (nSPS) is 23.1. The van der Waals surface area contributed by atoms with Crippen LogP contribution in [-0.4, -0.2) is 39.9 Å². The second-order valence-electron chi connectivity index (χ2n) is 11.9. The monoisotopic (exact) mass is 517 g/mol. The summed E-state index contributed by atoms with van der Waals surface area (Å²) in [5.74, 6) is 0.664. The number of hydrogen-bond acceptors (Lipinski definition) is 7. The smallest absolute Gasteiger partial charge is 0.416 e. The Hall–Kier alpha value is -3.44. The average molecular weight is 518 g/mol. The van der Waals surface area contributed by atoms with E-state index in [0.29, 0.717) is 23.6 Å². The largest absolute Gasteiger partial charge is 0.441 e. The first-order valence-electron chi connectivity index (χ1n) is 13.4. The number of rotatable bonds is 7. The number of nitriles is 1. The standard InChI is InChI=1S/C30H39N5O3/c1-7-8-13-34(24-14-22(16-31)10-9-21(24)2)19-23-15-30(12-11-28(23,3)4)20-35(27(36)38-30)26-18-32-25(17-33-26)29(5,6)37/h8-10,13-14,17-18,23,37H,7,11-12,15,19-20H2,1-6H3/b13-8-/t23-,30-/m0/s1. The summed E-state index contributed by atoms with van der Waals surface area (Å²) < 4.78 is 6.10. The van der Waals surface area contributed by atoms with Gasteiger partial charge in [-0.3, -0.25) is 9.88 Å². The molecule has 8 nitrogen and oxygen atoms in total. The third-order valence-corrected chi connectivity index (χ3v) is 8.05. The van der Waals surface area contributed by atoms with Crippen molar-refractivity contribution in [2.24, 2.45) is 11.3 Å². The minimum atomic E-state index is -1.11. The van der Waals surface area contributed by atoms with Crippen LogP contribution in [0.25, 0.3) is 0 Å². The number of benzene rings is 1. The fourth-order valence-electron chi connectivity index (χ4n) is 5.40. The number of hydrogen-bond donors (Lipinski definition) is 1. The molecule has 1 saturated heterocycles. The number of aliphatic hydroxyl groups is 1. The SMILES string of the molecule is CC/C=C\N(C[C@@H]1C[C@@]2(CCC1(C)C)CN(c1cnc(C(C)(C)O)cn1)C(=O)O2)c1cc(C#N)ccc1C. The van der Waals surface area contributed by atoms with Crippen molar-refractivity contribution >= 4 is 17.6 Å². The summed E-state index contributed by atoms with van der Waals surface area (Å²) in [4.78, 5) is 25.6. The Morgan fingerprint density at radius 3 is 2.68 bits per heavy atom. The van der Waals surface area contributed by atoms with E-state index < -0.39 is 17.3 Å². The molecule has 1 aromatic heterocycles. The van der Waals surface area contributed by atoms with Crippen LogP contribution in [-0.2, 0) is 10.3 Å². The van der Waals surface area contributed by atoms with Crippen molar-refractivity contribution in [3.8, 4) is 6.07 Å². The van der Waals surface area contributed by atoms with Crippen LogP contribution in [0, 0.1) is 29.6 Å².